The van der Waals surface area contributed by atoms with Crippen molar-refractivity contribution in [2.75, 3.05) is 0 Å². The van der Waals surface area contributed by atoms with Gasteiger partial charge < -0.3 is 14.9 Å². The molecule has 2 N–H and O–H groups in total. The summed E-state index contributed by atoms with van der Waals surface area (Å²) in [6.07, 6.45) is 1.79. The second-order valence-corrected chi connectivity index (χ2v) is 4.09. The summed E-state index contributed by atoms with van der Waals surface area (Å²) in [4.78, 5) is 11.4. The fourth-order valence-corrected chi connectivity index (χ4v) is 2.45. The van der Waals surface area contributed by atoms with Crippen LogP contribution in [0, 0.1) is 5.92 Å². The molecule has 2 aliphatic rings. The molecular weight excluding hydrogens is 184 g/mol. The van der Waals surface area contributed by atoms with Gasteiger partial charge in [-0.1, -0.05) is 6.08 Å². The van der Waals surface area contributed by atoms with E-state index in [1.54, 1.807) is 0 Å². The normalized spacial score (nSPS) is 46.1. The Bertz CT molecular complexity index is 275. The van der Waals surface area contributed by atoms with Crippen molar-refractivity contribution in [2.24, 2.45) is 5.92 Å². The van der Waals surface area contributed by atoms with Crippen LogP contribution in [0.2, 0.25) is 0 Å². The van der Waals surface area contributed by atoms with Gasteiger partial charge in [0.1, 0.15) is 6.10 Å². The van der Waals surface area contributed by atoms with Gasteiger partial charge in [-0.05, 0) is 6.42 Å². The number of rotatable bonds is 2. The number of carbonyl (C=O) groups is 1. The third-order valence-electron chi connectivity index (χ3n) is 3.16. The molecule has 4 heteroatoms. The Morgan fingerprint density at radius 1 is 1.64 bits per heavy atom. The molecule has 1 aliphatic carbocycles. The van der Waals surface area contributed by atoms with Crippen LogP contribution in [0.15, 0.2) is 12.7 Å². The summed E-state index contributed by atoms with van der Waals surface area (Å²) in [5, 5.41) is 19.5. The highest BCUT2D eigenvalue weighted by atomic mass is 16.6. The minimum Gasteiger partial charge on any atom is -0.460 e. The van der Waals surface area contributed by atoms with Crippen LogP contribution >= 0.6 is 0 Å². The number of esters is 1. The van der Waals surface area contributed by atoms with E-state index in [1.165, 1.54) is 6.08 Å². The van der Waals surface area contributed by atoms with E-state index in [2.05, 4.69) is 6.58 Å². The Hall–Kier alpha value is -0.870. The molecule has 0 aromatic heterocycles. The lowest BCUT2D eigenvalue weighted by atomic mass is 9.84. The third kappa shape index (κ3) is 1.18. The van der Waals surface area contributed by atoms with Crippen molar-refractivity contribution in [2.45, 2.75) is 37.1 Å². The van der Waals surface area contributed by atoms with Crippen LogP contribution < -0.4 is 0 Å². The molecule has 0 aromatic rings. The quantitative estimate of drug-likeness (QED) is 0.484. The summed E-state index contributed by atoms with van der Waals surface area (Å²) in [6, 6.07) is 0. The van der Waals surface area contributed by atoms with E-state index in [-0.39, 0.29) is 18.4 Å². The van der Waals surface area contributed by atoms with Gasteiger partial charge in [-0.15, -0.1) is 6.58 Å². The Balaban J connectivity index is 2.23. The minimum absolute atomic E-state index is 0.194. The summed E-state index contributed by atoms with van der Waals surface area (Å²) in [6.45, 7) is 3.51. The molecule has 1 saturated carbocycles. The summed E-state index contributed by atoms with van der Waals surface area (Å²) >= 11 is 0. The van der Waals surface area contributed by atoms with Crippen LogP contribution in [-0.4, -0.2) is 34.0 Å². The molecule has 0 bridgehead atoms. The summed E-state index contributed by atoms with van der Waals surface area (Å²) in [5.74, 6) is -0.845. The fraction of sp³-hybridized carbons (Fsp3) is 0.700. The highest BCUT2D eigenvalue weighted by molar-refractivity contribution is 5.82. The van der Waals surface area contributed by atoms with E-state index in [1.807, 2.05) is 0 Å². The molecule has 2 rings (SSSR count). The average molecular weight is 198 g/mol. The van der Waals surface area contributed by atoms with Crippen molar-refractivity contribution >= 4 is 5.97 Å². The first kappa shape index (κ1) is 9.68. The van der Waals surface area contributed by atoms with Gasteiger partial charge in [-0.2, -0.15) is 0 Å². The first-order valence-electron chi connectivity index (χ1n) is 4.80. The molecule has 4 atom stereocenters. The topological polar surface area (TPSA) is 66.8 Å². The highest BCUT2D eigenvalue weighted by Crippen LogP contribution is 2.44. The maximum atomic E-state index is 11.4. The Kier molecular flexibility index (Phi) is 2.12. The standard InChI is InChI=1S/C10H14O4/c1-2-3-10(13)7-4-6(11)5-8(7)14-9(10)12/h2,6-8,11,13H,1,3-5H2/t6-,7+,8-,10-/m0/s1. The number of hydrogen-bond donors (Lipinski definition) is 2. The summed E-state index contributed by atoms with van der Waals surface area (Å²) < 4.78 is 5.03. The molecule has 4 nitrogen and oxygen atoms in total. The molecule has 1 saturated heterocycles. The van der Waals surface area contributed by atoms with Crippen molar-refractivity contribution in [3.05, 3.63) is 12.7 Å². The van der Waals surface area contributed by atoms with Gasteiger partial charge in [0.05, 0.1) is 6.10 Å². The van der Waals surface area contributed by atoms with Gasteiger partial charge >= 0.3 is 5.97 Å². The van der Waals surface area contributed by atoms with E-state index < -0.39 is 17.7 Å². The van der Waals surface area contributed by atoms with Crippen LogP contribution in [0.5, 0.6) is 0 Å². The Morgan fingerprint density at radius 2 is 2.36 bits per heavy atom. The van der Waals surface area contributed by atoms with Crippen LogP contribution in [0.1, 0.15) is 19.3 Å². The summed E-state index contributed by atoms with van der Waals surface area (Å²) in [5.41, 5.74) is -1.45. The van der Waals surface area contributed by atoms with Crippen molar-refractivity contribution in [3.63, 3.8) is 0 Å². The second kappa shape index (κ2) is 3.07. The maximum absolute atomic E-state index is 11.4. The van der Waals surface area contributed by atoms with E-state index in [0.29, 0.717) is 12.8 Å². The van der Waals surface area contributed by atoms with Gasteiger partial charge in [-0.25, -0.2) is 4.79 Å². The zero-order chi connectivity index (χ0) is 10.3. The molecule has 1 heterocycles. The van der Waals surface area contributed by atoms with Crippen molar-refractivity contribution in [1.82, 2.24) is 0 Å². The predicted octanol–water partition coefficient (Wildman–Crippen LogP) is -0.0101. The highest BCUT2D eigenvalue weighted by Gasteiger charge is 2.59. The average Bonchev–Trinajstić information content (AvgIpc) is 2.55. The molecule has 0 unspecified atom stereocenters. The number of aliphatic hydroxyl groups excluding tert-OH is 1. The number of hydrogen-bond acceptors (Lipinski definition) is 4. The molecular formula is C10H14O4. The SMILES string of the molecule is C=CC[C@@]1(O)C(=O)O[C@H]2C[C@@H](O)C[C@H]21. The lowest BCUT2D eigenvalue weighted by Gasteiger charge is -2.22. The number of carbonyl (C=O) groups excluding carboxylic acids is 1. The van der Waals surface area contributed by atoms with E-state index in [9.17, 15) is 15.0 Å². The molecule has 2 fully saturated rings. The first-order valence-corrected chi connectivity index (χ1v) is 4.80. The minimum atomic E-state index is -1.45. The second-order valence-electron chi connectivity index (χ2n) is 4.09. The van der Waals surface area contributed by atoms with Crippen molar-refractivity contribution in [3.8, 4) is 0 Å². The van der Waals surface area contributed by atoms with Gasteiger partial charge in [0, 0.05) is 18.8 Å². The third-order valence-corrected chi connectivity index (χ3v) is 3.16. The zero-order valence-corrected chi connectivity index (χ0v) is 7.85. The Morgan fingerprint density at radius 3 is 3.00 bits per heavy atom. The van der Waals surface area contributed by atoms with Crippen molar-refractivity contribution in [1.29, 1.82) is 0 Å². The molecule has 14 heavy (non-hydrogen) atoms. The van der Waals surface area contributed by atoms with Gasteiger partial charge in [0.2, 0.25) is 0 Å². The van der Waals surface area contributed by atoms with Gasteiger partial charge in [0.25, 0.3) is 0 Å². The molecule has 0 amide bonds. The molecule has 0 aromatic carbocycles. The van der Waals surface area contributed by atoms with Crippen LogP contribution in [0.4, 0.5) is 0 Å². The Labute approximate surface area is 82.2 Å². The van der Waals surface area contributed by atoms with Gasteiger partial charge in [0.15, 0.2) is 5.60 Å². The molecule has 1 aliphatic heterocycles. The lowest BCUT2D eigenvalue weighted by Crippen LogP contribution is -2.40. The van der Waals surface area contributed by atoms with Crippen LogP contribution in [0.25, 0.3) is 0 Å². The monoisotopic (exact) mass is 198 g/mol. The molecule has 0 radical (unpaired) electrons. The van der Waals surface area contributed by atoms with Crippen LogP contribution in [-0.2, 0) is 9.53 Å². The number of fused-ring (bicyclic) bond motifs is 1. The van der Waals surface area contributed by atoms with Crippen LogP contribution in [0.3, 0.4) is 0 Å². The first-order chi connectivity index (χ1) is 6.58. The van der Waals surface area contributed by atoms with Gasteiger partial charge in [-0.3, -0.25) is 0 Å². The fourth-order valence-electron chi connectivity index (χ4n) is 2.45. The predicted molar refractivity (Wildman–Crippen MR) is 48.4 cm³/mol. The molecule has 0 spiro atoms. The number of aliphatic hydroxyl groups is 2. The summed E-state index contributed by atoms with van der Waals surface area (Å²) in [7, 11) is 0. The molecule has 78 valence electrons. The largest absolute Gasteiger partial charge is 0.460 e. The van der Waals surface area contributed by atoms with E-state index in [0.717, 1.165) is 0 Å². The maximum Gasteiger partial charge on any atom is 0.339 e. The lowest BCUT2D eigenvalue weighted by molar-refractivity contribution is -0.156. The van der Waals surface area contributed by atoms with Crippen molar-refractivity contribution < 1.29 is 19.7 Å². The zero-order valence-electron chi connectivity index (χ0n) is 7.85. The van der Waals surface area contributed by atoms with E-state index in [4.69, 9.17) is 4.74 Å². The number of ether oxygens (including phenoxy) is 1. The smallest absolute Gasteiger partial charge is 0.339 e. The van der Waals surface area contributed by atoms with E-state index >= 15 is 0 Å².